The maximum Gasteiger partial charge on any atom is 0.416 e. The Hall–Kier alpha value is -2.72. The molecule has 0 bridgehead atoms. The SMILES string of the molecule is COC1COCC[C@@H]1C.Cc1c(N2CCc3ccc(C(F)(F)F)cc3C2)cnnc1C(=O)N1CCC(C)CC1. The topological polar surface area (TPSA) is 67.8 Å². The van der Waals surface area contributed by atoms with Crippen LogP contribution in [0, 0.1) is 18.8 Å². The fourth-order valence-electron chi connectivity index (χ4n) is 5.38. The van der Waals surface area contributed by atoms with Crippen molar-refractivity contribution < 1.29 is 27.4 Å². The molecule has 2 atom stereocenters. The predicted molar refractivity (Wildman–Crippen MR) is 143 cm³/mol. The van der Waals surface area contributed by atoms with E-state index in [4.69, 9.17) is 9.47 Å². The summed E-state index contributed by atoms with van der Waals surface area (Å²) in [6.07, 6.45) is 1.30. The third-order valence-electron chi connectivity index (χ3n) is 8.17. The van der Waals surface area contributed by atoms with Gasteiger partial charge < -0.3 is 19.3 Å². The standard InChI is InChI=1S/C22H25F3N4O.C7H14O2/c1-14-5-8-28(9-6-14)21(30)20-15(2)19(12-26-27-20)29-10-7-16-3-4-18(22(23,24)25)11-17(16)13-29;1-6-3-4-9-5-7(6)8-2/h3-4,11-12,14H,5-10,13H2,1-2H3;6-7H,3-5H2,1-2H3/t;6-,7?/m.0/s1. The molecule has 2 aromatic rings. The first kappa shape index (κ1) is 29.3. The average molecular weight is 549 g/mol. The number of rotatable bonds is 3. The number of methoxy groups -OCH3 is 1. The molecule has 4 heterocycles. The largest absolute Gasteiger partial charge is 0.416 e. The Labute approximate surface area is 228 Å². The minimum absolute atomic E-state index is 0.120. The highest BCUT2D eigenvalue weighted by Gasteiger charge is 2.32. The van der Waals surface area contributed by atoms with Crippen molar-refractivity contribution >= 4 is 11.6 Å². The van der Waals surface area contributed by atoms with Crippen molar-refractivity contribution in [1.82, 2.24) is 15.1 Å². The van der Waals surface area contributed by atoms with Crippen LogP contribution in [0.25, 0.3) is 0 Å². The zero-order chi connectivity index (χ0) is 28.2. The van der Waals surface area contributed by atoms with E-state index in [-0.39, 0.29) is 5.91 Å². The summed E-state index contributed by atoms with van der Waals surface area (Å²) in [6.45, 7) is 10.3. The van der Waals surface area contributed by atoms with E-state index in [2.05, 4.69) is 24.0 Å². The molecule has 2 saturated heterocycles. The van der Waals surface area contributed by atoms with Gasteiger partial charge in [0.1, 0.15) is 0 Å². The van der Waals surface area contributed by atoms with Gasteiger partial charge in [0.15, 0.2) is 5.69 Å². The first-order valence-electron chi connectivity index (χ1n) is 13.7. The highest BCUT2D eigenvalue weighted by atomic mass is 19.4. The quantitative estimate of drug-likeness (QED) is 0.519. The number of nitrogens with zero attached hydrogens (tertiary/aromatic N) is 4. The highest BCUT2D eigenvalue weighted by Crippen LogP contribution is 2.34. The molecule has 7 nitrogen and oxygen atoms in total. The molecule has 0 radical (unpaired) electrons. The fraction of sp³-hybridized carbons (Fsp3) is 0.621. The lowest BCUT2D eigenvalue weighted by atomic mass is 9.96. The number of aromatic nitrogens is 2. The number of amides is 1. The van der Waals surface area contributed by atoms with Crippen LogP contribution in [-0.4, -0.2) is 67.1 Å². The van der Waals surface area contributed by atoms with Gasteiger partial charge in [-0.3, -0.25) is 4.79 Å². The first-order valence-corrected chi connectivity index (χ1v) is 13.7. The number of anilines is 1. The highest BCUT2D eigenvalue weighted by molar-refractivity contribution is 5.95. The molecule has 1 aromatic carbocycles. The molecule has 0 spiro atoms. The Morgan fingerprint density at radius 2 is 1.85 bits per heavy atom. The minimum atomic E-state index is -4.36. The Morgan fingerprint density at radius 1 is 1.10 bits per heavy atom. The van der Waals surface area contributed by atoms with Crippen LogP contribution < -0.4 is 4.90 Å². The molecule has 214 valence electrons. The number of benzene rings is 1. The molecule has 2 fully saturated rings. The fourth-order valence-corrected chi connectivity index (χ4v) is 5.38. The molecule has 1 unspecified atom stereocenters. The summed E-state index contributed by atoms with van der Waals surface area (Å²) in [5.74, 6) is 1.16. The summed E-state index contributed by atoms with van der Waals surface area (Å²) in [5.41, 5.74) is 2.76. The number of alkyl halides is 3. The molecular formula is C29H39F3N4O3. The van der Waals surface area contributed by atoms with Gasteiger partial charge in [0.25, 0.3) is 5.91 Å². The van der Waals surface area contributed by atoms with Gasteiger partial charge in [-0.2, -0.15) is 18.3 Å². The normalized spacial score (nSPS) is 22.1. The summed E-state index contributed by atoms with van der Waals surface area (Å²) in [4.78, 5) is 16.8. The van der Waals surface area contributed by atoms with Crippen LogP contribution in [0.5, 0.6) is 0 Å². The van der Waals surface area contributed by atoms with Crippen molar-refractivity contribution in [3.63, 3.8) is 0 Å². The van der Waals surface area contributed by atoms with Crippen LogP contribution in [0.2, 0.25) is 0 Å². The zero-order valence-electron chi connectivity index (χ0n) is 23.3. The summed E-state index contributed by atoms with van der Waals surface area (Å²) in [7, 11) is 1.75. The van der Waals surface area contributed by atoms with Crippen LogP contribution in [0.1, 0.15) is 65.9 Å². The van der Waals surface area contributed by atoms with Gasteiger partial charge in [0.2, 0.25) is 0 Å². The summed E-state index contributed by atoms with van der Waals surface area (Å²) >= 11 is 0. The number of carbonyl (C=O) groups is 1. The second-order valence-corrected chi connectivity index (χ2v) is 10.9. The van der Waals surface area contributed by atoms with Gasteiger partial charge in [0, 0.05) is 45.5 Å². The molecule has 5 rings (SSSR count). The number of fused-ring (bicyclic) bond motifs is 1. The number of likely N-dealkylation sites (tertiary alicyclic amines) is 1. The van der Waals surface area contributed by atoms with Crippen molar-refractivity contribution in [2.45, 2.75) is 65.3 Å². The molecule has 0 aliphatic carbocycles. The second-order valence-electron chi connectivity index (χ2n) is 10.9. The van der Waals surface area contributed by atoms with Gasteiger partial charge in [-0.1, -0.05) is 19.9 Å². The predicted octanol–water partition coefficient (Wildman–Crippen LogP) is 5.30. The molecular weight excluding hydrogens is 509 g/mol. The van der Waals surface area contributed by atoms with Crippen molar-refractivity contribution in [3.8, 4) is 0 Å². The molecule has 3 aliphatic heterocycles. The van der Waals surface area contributed by atoms with E-state index in [1.165, 1.54) is 6.07 Å². The lowest BCUT2D eigenvalue weighted by Gasteiger charge is -2.33. The van der Waals surface area contributed by atoms with E-state index >= 15 is 0 Å². The van der Waals surface area contributed by atoms with Gasteiger partial charge in [-0.15, -0.1) is 5.10 Å². The van der Waals surface area contributed by atoms with Gasteiger partial charge in [-0.25, -0.2) is 0 Å². The molecule has 1 aromatic heterocycles. The molecule has 0 saturated carbocycles. The lowest BCUT2D eigenvalue weighted by molar-refractivity contribution is -0.137. The Morgan fingerprint density at radius 3 is 2.49 bits per heavy atom. The van der Waals surface area contributed by atoms with Crippen molar-refractivity contribution in [2.24, 2.45) is 11.8 Å². The van der Waals surface area contributed by atoms with Gasteiger partial charge >= 0.3 is 6.18 Å². The van der Waals surface area contributed by atoms with Gasteiger partial charge in [0.05, 0.1) is 30.2 Å². The van der Waals surface area contributed by atoms with E-state index in [0.717, 1.165) is 55.4 Å². The monoisotopic (exact) mass is 548 g/mol. The molecule has 10 heteroatoms. The molecule has 1 amide bonds. The number of carbonyl (C=O) groups excluding carboxylic acids is 1. The minimum Gasteiger partial charge on any atom is -0.379 e. The van der Waals surface area contributed by atoms with Crippen molar-refractivity contribution in [3.05, 3.63) is 52.3 Å². The maximum atomic E-state index is 13.1. The van der Waals surface area contributed by atoms with Crippen molar-refractivity contribution in [1.29, 1.82) is 0 Å². The number of hydrogen-bond donors (Lipinski definition) is 0. The van der Waals surface area contributed by atoms with Crippen molar-refractivity contribution in [2.75, 3.05) is 44.9 Å². The zero-order valence-corrected chi connectivity index (χ0v) is 23.3. The van der Waals surface area contributed by atoms with E-state index in [0.29, 0.717) is 61.8 Å². The smallest absolute Gasteiger partial charge is 0.379 e. The Bertz CT molecular complexity index is 1140. The number of piperidine rings is 1. The van der Waals surface area contributed by atoms with Crippen LogP contribution in [-0.2, 0) is 28.6 Å². The Balaban J connectivity index is 0.000000333. The van der Waals surface area contributed by atoms with Crippen LogP contribution in [0.15, 0.2) is 24.4 Å². The van der Waals surface area contributed by atoms with Crippen LogP contribution >= 0.6 is 0 Å². The summed E-state index contributed by atoms with van der Waals surface area (Å²) < 4.78 is 49.7. The number of ether oxygens (including phenoxy) is 2. The van der Waals surface area contributed by atoms with E-state index in [1.807, 2.05) is 16.7 Å². The molecule has 3 aliphatic rings. The third-order valence-corrected chi connectivity index (χ3v) is 8.17. The number of halogens is 3. The maximum absolute atomic E-state index is 13.1. The summed E-state index contributed by atoms with van der Waals surface area (Å²) in [6, 6.07) is 3.94. The van der Waals surface area contributed by atoms with E-state index in [1.54, 1.807) is 19.4 Å². The van der Waals surface area contributed by atoms with Crippen LogP contribution in [0.4, 0.5) is 18.9 Å². The van der Waals surface area contributed by atoms with E-state index in [9.17, 15) is 18.0 Å². The summed E-state index contributed by atoms with van der Waals surface area (Å²) in [5, 5.41) is 8.15. The third kappa shape index (κ3) is 7.08. The molecule has 0 N–H and O–H groups in total. The molecule has 39 heavy (non-hydrogen) atoms. The lowest BCUT2D eigenvalue weighted by Crippen LogP contribution is -2.39. The van der Waals surface area contributed by atoms with E-state index < -0.39 is 11.7 Å². The first-order chi connectivity index (χ1) is 18.6. The van der Waals surface area contributed by atoms with Gasteiger partial charge in [-0.05, 0) is 67.7 Å². The van der Waals surface area contributed by atoms with Crippen LogP contribution in [0.3, 0.4) is 0 Å². The number of hydrogen-bond acceptors (Lipinski definition) is 6. The average Bonchev–Trinajstić information content (AvgIpc) is 2.93. The Kier molecular flexibility index (Phi) is 9.48. The second kappa shape index (κ2) is 12.6.